The summed E-state index contributed by atoms with van der Waals surface area (Å²) in [5.74, 6) is 1.05. The Balaban J connectivity index is 1.38. The van der Waals surface area contributed by atoms with Gasteiger partial charge in [0.15, 0.2) is 0 Å². The monoisotopic (exact) mass is 518 g/mol. The molecule has 39 heavy (non-hydrogen) atoms. The van der Waals surface area contributed by atoms with Gasteiger partial charge in [-0.05, 0) is 53.3 Å². The van der Waals surface area contributed by atoms with Gasteiger partial charge in [0, 0.05) is 49.9 Å². The lowest BCUT2D eigenvalue weighted by molar-refractivity contribution is -0.121. The van der Waals surface area contributed by atoms with Crippen molar-refractivity contribution in [1.29, 1.82) is 0 Å². The number of fused-ring (bicyclic) bond motifs is 7. The van der Waals surface area contributed by atoms with Gasteiger partial charge in [0.25, 0.3) is 0 Å². The molecule has 2 aliphatic heterocycles. The second kappa shape index (κ2) is 11.9. The molecule has 6 rings (SSSR count). The quantitative estimate of drug-likeness (QED) is 0.421. The Morgan fingerprint density at radius 2 is 1.77 bits per heavy atom. The van der Waals surface area contributed by atoms with Gasteiger partial charge in [0.05, 0.1) is 24.9 Å². The lowest BCUT2D eigenvalue weighted by atomic mass is 9.96. The van der Waals surface area contributed by atoms with Crippen molar-refractivity contribution in [3.8, 4) is 11.3 Å². The third kappa shape index (κ3) is 6.24. The number of hydrogen-bond donors (Lipinski definition) is 1. The summed E-state index contributed by atoms with van der Waals surface area (Å²) in [6.45, 7) is 3.79. The molecule has 3 aromatic carbocycles. The van der Waals surface area contributed by atoms with E-state index in [0.29, 0.717) is 32.2 Å². The van der Waals surface area contributed by atoms with E-state index in [2.05, 4.69) is 69.8 Å². The van der Waals surface area contributed by atoms with Gasteiger partial charge >= 0.3 is 0 Å². The first-order valence-corrected chi connectivity index (χ1v) is 13.9. The predicted molar refractivity (Wildman–Crippen MR) is 154 cm³/mol. The van der Waals surface area contributed by atoms with E-state index in [4.69, 9.17) is 9.72 Å². The van der Waals surface area contributed by atoms with Crippen molar-refractivity contribution in [2.75, 3.05) is 31.2 Å². The molecule has 6 heteroatoms. The van der Waals surface area contributed by atoms with Crippen LogP contribution in [0.4, 0.5) is 5.69 Å². The first kappa shape index (κ1) is 25.4. The van der Waals surface area contributed by atoms with E-state index in [1.165, 1.54) is 11.3 Å². The highest BCUT2D eigenvalue weighted by Gasteiger charge is 2.21. The number of ketones is 1. The average molecular weight is 519 g/mol. The fourth-order valence-electron chi connectivity index (χ4n) is 5.54. The third-order valence-electron chi connectivity index (χ3n) is 7.66. The van der Waals surface area contributed by atoms with Crippen molar-refractivity contribution >= 4 is 11.5 Å². The van der Waals surface area contributed by atoms with Crippen LogP contribution >= 0.6 is 0 Å². The molecule has 0 unspecified atom stereocenters. The fraction of sp³-hybridized carbons (Fsp3) is 0.303. The third-order valence-corrected chi connectivity index (χ3v) is 7.66. The lowest BCUT2D eigenvalue weighted by Gasteiger charge is -2.31. The maximum absolute atomic E-state index is 13.7. The molecule has 0 radical (unpaired) electrons. The minimum Gasteiger partial charge on any atom is -0.378 e. The molecule has 6 nitrogen and oxygen atoms in total. The molecule has 2 aliphatic rings. The Kier molecular flexibility index (Phi) is 7.75. The van der Waals surface area contributed by atoms with E-state index in [-0.39, 0.29) is 11.8 Å². The zero-order valence-electron chi connectivity index (χ0n) is 22.2. The molecule has 0 saturated carbocycles. The number of hydrogen-bond acceptors (Lipinski definition) is 6. The predicted octanol–water partition coefficient (Wildman–Crippen LogP) is 4.79. The van der Waals surface area contributed by atoms with E-state index in [1.54, 1.807) is 0 Å². The summed E-state index contributed by atoms with van der Waals surface area (Å²) in [7, 11) is 0. The van der Waals surface area contributed by atoms with Crippen molar-refractivity contribution in [1.82, 2.24) is 15.3 Å². The summed E-state index contributed by atoms with van der Waals surface area (Å²) >= 11 is 0. The average Bonchev–Trinajstić information content (AvgIpc) is 2.99. The highest BCUT2D eigenvalue weighted by Crippen LogP contribution is 2.26. The van der Waals surface area contributed by atoms with Crippen LogP contribution in [0.15, 0.2) is 85.1 Å². The first-order chi connectivity index (χ1) is 19.2. The molecule has 1 atom stereocenters. The molecule has 3 heterocycles. The van der Waals surface area contributed by atoms with E-state index < -0.39 is 0 Å². The second-order valence-corrected chi connectivity index (χ2v) is 10.4. The van der Waals surface area contributed by atoms with Gasteiger partial charge in [-0.15, -0.1) is 0 Å². The maximum Gasteiger partial charge on any atom is 0.150 e. The zero-order chi connectivity index (χ0) is 26.4. The highest BCUT2D eigenvalue weighted by atomic mass is 16.5. The van der Waals surface area contributed by atoms with E-state index in [9.17, 15) is 4.79 Å². The van der Waals surface area contributed by atoms with Gasteiger partial charge in [0.1, 0.15) is 11.6 Å². The van der Waals surface area contributed by atoms with Crippen LogP contribution in [0.2, 0.25) is 0 Å². The van der Waals surface area contributed by atoms with Crippen LogP contribution in [0.1, 0.15) is 34.5 Å². The van der Waals surface area contributed by atoms with E-state index in [1.807, 2.05) is 30.5 Å². The molecular formula is C33H34N4O2. The van der Waals surface area contributed by atoms with Gasteiger partial charge in [-0.2, -0.15) is 0 Å². The van der Waals surface area contributed by atoms with Crippen LogP contribution in [0.25, 0.3) is 11.3 Å². The summed E-state index contributed by atoms with van der Waals surface area (Å²) in [5, 5.41) is 3.66. The van der Waals surface area contributed by atoms with Crippen LogP contribution in [-0.4, -0.2) is 48.1 Å². The van der Waals surface area contributed by atoms with Crippen molar-refractivity contribution < 1.29 is 9.53 Å². The summed E-state index contributed by atoms with van der Waals surface area (Å²) in [6, 6.07) is 27.0. The normalized spacial score (nSPS) is 18.1. The topological polar surface area (TPSA) is 67.4 Å². The molecule has 198 valence electrons. The SMILES string of the molecule is O=C1CCc2cccc(c2)-c2ccnc(n2)Cc2ccc(N3CCOCC3)c(c2)CN[C@H]1Cc1ccccc1. The minimum atomic E-state index is -0.263. The number of nitrogens with zero attached hydrogens (tertiary/aromatic N) is 3. The number of morpholine rings is 1. The summed E-state index contributed by atoms with van der Waals surface area (Å²) < 4.78 is 5.61. The number of aromatic nitrogens is 2. The highest BCUT2D eigenvalue weighted by molar-refractivity contribution is 5.84. The van der Waals surface area contributed by atoms with Gasteiger partial charge in [-0.25, -0.2) is 9.97 Å². The summed E-state index contributed by atoms with van der Waals surface area (Å²) in [4.78, 5) is 25.5. The molecule has 0 spiro atoms. The van der Waals surface area contributed by atoms with Gasteiger partial charge in [-0.1, -0.05) is 60.7 Å². The first-order valence-electron chi connectivity index (χ1n) is 13.9. The van der Waals surface area contributed by atoms with E-state index >= 15 is 0 Å². The fourth-order valence-corrected chi connectivity index (χ4v) is 5.54. The van der Waals surface area contributed by atoms with Crippen LogP contribution in [-0.2, 0) is 35.3 Å². The van der Waals surface area contributed by atoms with Gasteiger partial charge in [0.2, 0.25) is 0 Å². The number of anilines is 1. The van der Waals surface area contributed by atoms with Gasteiger partial charge in [-0.3, -0.25) is 4.79 Å². The van der Waals surface area contributed by atoms with E-state index in [0.717, 1.165) is 60.1 Å². The maximum atomic E-state index is 13.7. The Labute approximate surface area is 230 Å². The Hall–Kier alpha value is -3.87. The van der Waals surface area contributed by atoms with Crippen molar-refractivity contribution in [2.24, 2.45) is 0 Å². The number of carbonyl (C=O) groups is 1. The van der Waals surface area contributed by atoms with Crippen LogP contribution < -0.4 is 10.2 Å². The summed E-state index contributed by atoms with van der Waals surface area (Å²) in [5.41, 5.74) is 7.82. The number of Topliss-reactive ketones (excluding diaryl/α,β-unsaturated/α-hetero) is 1. The van der Waals surface area contributed by atoms with Crippen LogP contribution in [0.3, 0.4) is 0 Å². The van der Waals surface area contributed by atoms with Crippen LogP contribution in [0, 0.1) is 0 Å². The Morgan fingerprint density at radius 3 is 2.64 bits per heavy atom. The van der Waals surface area contributed by atoms with Crippen LogP contribution in [0.5, 0.6) is 0 Å². The summed E-state index contributed by atoms with van der Waals surface area (Å²) in [6.07, 6.45) is 4.35. The molecule has 4 aromatic rings. The Morgan fingerprint density at radius 1 is 0.897 bits per heavy atom. The largest absolute Gasteiger partial charge is 0.378 e. The van der Waals surface area contributed by atoms with Crippen molar-refractivity contribution in [3.63, 3.8) is 0 Å². The number of aryl methyl sites for hydroxylation is 1. The van der Waals surface area contributed by atoms with Crippen molar-refractivity contribution in [3.05, 3.63) is 113 Å². The molecule has 0 aliphatic carbocycles. The molecule has 1 saturated heterocycles. The molecule has 6 bridgehead atoms. The molecule has 1 N–H and O–H groups in total. The second-order valence-electron chi connectivity index (χ2n) is 10.4. The molecule has 1 aromatic heterocycles. The number of benzene rings is 3. The molecular weight excluding hydrogens is 484 g/mol. The number of ether oxygens (including phenoxy) is 1. The number of rotatable bonds is 3. The minimum absolute atomic E-state index is 0.241. The Bertz CT molecular complexity index is 1430. The number of carbonyl (C=O) groups excluding carboxylic acids is 1. The lowest BCUT2D eigenvalue weighted by Crippen LogP contribution is -2.40. The zero-order valence-corrected chi connectivity index (χ0v) is 22.2. The number of nitrogens with one attached hydrogen (secondary N) is 1. The molecule has 0 amide bonds. The van der Waals surface area contributed by atoms with Crippen molar-refractivity contribution in [2.45, 2.75) is 38.3 Å². The molecule has 1 fully saturated rings. The smallest absolute Gasteiger partial charge is 0.150 e. The standard InChI is InChI=1S/C33H34N4O2/c38-32-12-10-25-7-4-8-27(19-25)29-13-14-34-33(36-29)22-26-9-11-31(37-15-17-39-18-16-37)28(20-26)23-35-30(32)21-24-5-2-1-3-6-24/h1-9,11,13-14,19-20,30,35H,10,12,15-18,21-23H2/t30-/m0/s1. The van der Waals surface area contributed by atoms with Gasteiger partial charge < -0.3 is 15.0 Å².